The van der Waals surface area contributed by atoms with Crippen LogP contribution < -0.4 is 5.32 Å². The monoisotopic (exact) mass is 322 g/mol. The van der Waals surface area contributed by atoms with Gasteiger partial charge < -0.3 is 10.3 Å². The van der Waals surface area contributed by atoms with Gasteiger partial charge >= 0.3 is 0 Å². The molecule has 1 amide bonds. The molecule has 7 heteroatoms. The zero-order valence-electron chi connectivity index (χ0n) is 9.50. The fourth-order valence-corrected chi connectivity index (χ4v) is 2.11. The molecule has 0 aliphatic heterocycles. The second-order valence-electron chi connectivity index (χ2n) is 3.95. The highest BCUT2D eigenvalue weighted by molar-refractivity contribution is 9.10. The SMILES string of the molecule is O=C(Nc1cn[nH]c1)c1cc2ccc(Br)c(F)c2[nH]1. The summed E-state index contributed by atoms with van der Waals surface area (Å²) in [6.45, 7) is 0. The first-order valence-electron chi connectivity index (χ1n) is 5.42. The number of rotatable bonds is 2. The highest BCUT2D eigenvalue weighted by Gasteiger charge is 2.13. The zero-order chi connectivity index (χ0) is 13.4. The van der Waals surface area contributed by atoms with Crippen molar-refractivity contribution in [2.24, 2.45) is 0 Å². The van der Waals surface area contributed by atoms with Crippen LogP contribution in [0.15, 0.2) is 35.1 Å². The van der Waals surface area contributed by atoms with E-state index in [1.54, 1.807) is 24.4 Å². The van der Waals surface area contributed by atoms with Gasteiger partial charge in [-0.05, 0) is 28.1 Å². The average molecular weight is 323 g/mol. The summed E-state index contributed by atoms with van der Waals surface area (Å²) in [5.41, 5.74) is 1.13. The van der Waals surface area contributed by atoms with Crippen LogP contribution in [0.1, 0.15) is 10.5 Å². The van der Waals surface area contributed by atoms with Crippen LogP contribution in [-0.2, 0) is 0 Å². The number of hydrogen-bond acceptors (Lipinski definition) is 2. The molecule has 96 valence electrons. The minimum Gasteiger partial charge on any atom is -0.348 e. The number of benzene rings is 1. The number of aromatic nitrogens is 3. The molecule has 0 fully saturated rings. The summed E-state index contributed by atoms with van der Waals surface area (Å²) in [6, 6.07) is 4.93. The van der Waals surface area contributed by atoms with E-state index in [2.05, 4.69) is 36.4 Å². The van der Waals surface area contributed by atoms with Gasteiger partial charge in [-0.3, -0.25) is 9.89 Å². The van der Waals surface area contributed by atoms with Crippen LogP contribution in [0.3, 0.4) is 0 Å². The predicted octanol–water partition coefficient (Wildman–Crippen LogP) is 3.04. The lowest BCUT2D eigenvalue weighted by Crippen LogP contribution is -2.11. The van der Waals surface area contributed by atoms with Crippen LogP contribution >= 0.6 is 15.9 Å². The molecule has 0 saturated carbocycles. The lowest BCUT2D eigenvalue weighted by atomic mass is 10.2. The summed E-state index contributed by atoms with van der Waals surface area (Å²) in [5.74, 6) is -0.770. The van der Waals surface area contributed by atoms with Gasteiger partial charge in [0.1, 0.15) is 5.69 Å². The number of H-pyrrole nitrogens is 2. The topological polar surface area (TPSA) is 73.6 Å². The highest BCUT2D eigenvalue weighted by atomic mass is 79.9. The minimum atomic E-state index is -0.417. The van der Waals surface area contributed by atoms with Crippen molar-refractivity contribution in [3.05, 3.63) is 46.6 Å². The molecule has 3 rings (SSSR count). The summed E-state index contributed by atoms with van der Waals surface area (Å²) in [5, 5.41) is 9.58. The van der Waals surface area contributed by atoms with E-state index in [1.165, 1.54) is 6.20 Å². The normalized spacial score (nSPS) is 10.8. The van der Waals surface area contributed by atoms with Crippen LogP contribution in [0.2, 0.25) is 0 Å². The highest BCUT2D eigenvalue weighted by Crippen LogP contribution is 2.25. The molecule has 2 aromatic heterocycles. The molecule has 0 saturated heterocycles. The third kappa shape index (κ3) is 2.12. The Morgan fingerprint density at radius 3 is 3.00 bits per heavy atom. The first-order valence-corrected chi connectivity index (χ1v) is 6.21. The Hall–Kier alpha value is -2.15. The Kier molecular flexibility index (Phi) is 2.83. The Morgan fingerprint density at radius 1 is 1.42 bits per heavy atom. The summed E-state index contributed by atoms with van der Waals surface area (Å²) >= 11 is 3.10. The van der Waals surface area contributed by atoms with Gasteiger partial charge in [0.15, 0.2) is 5.82 Å². The van der Waals surface area contributed by atoms with Gasteiger partial charge in [0.2, 0.25) is 0 Å². The molecule has 0 bridgehead atoms. The minimum absolute atomic E-state index is 0.285. The number of anilines is 1. The number of fused-ring (bicyclic) bond motifs is 1. The Bertz CT molecular complexity index is 751. The number of halogens is 2. The molecule has 1 aromatic carbocycles. The van der Waals surface area contributed by atoms with E-state index < -0.39 is 5.82 Å². The third-order valence-electron chi connectivity index (χ3n) is 2.69. The second-order valence-corrected chi connectivity index (χ2v) is 4.80. The molecule has 0 radical (unpaired) electrons. The van der Waals surface area contributed by atoms with E-state index >= 15 is 0 Å². The fourth-order valence-electron chi connectivity index (χ4n) is 1.78. The van der Waals surface area contributed by atoms with Gasteiger partial charge in [-0.15, -0.1) is 0 Å². The van der Waals surface area contributed by atoms with Crippen LogP contribution in [0, 0.1) is 5.82 Å². The lowest BCUT2D eigenvalue weighted by Gasteiger charge is -1.98. The van der Waals surface area contributed by atoms with Gasteiger partial charge in [-0.1, -0.05) is 6.07 Å². The zero-order valence-corrected chi connectivity index (χ0v) is 11.1. The molecule has 0 spiro atoms. The summed E-state index contributed by atoms with van der Waals surface area (Å²) < 4.78 is 14.2. The van der Waals surface area contributed by atoms with Gasteiger partial charge in [0, 0.05) is 11.6 Å². The number of aromatic amines is 2. The van der Waals surface area contributed by atoms with Gasteiger partial charge in [0.25, 0.3) is 5.91 Å². The maximum absolute atomic E-state index is 13.8. The first kappa shape index (κ1) is 11.9. The fraction of sp³-hybridized carbons (Fsp3) is 0. The molecule has 19 heavy (non-hydrogen) atoms. The molecule has 2 heterocycles. The number of carbonyl (C=O) groups excluding carboxylic acids is 1. The summed E-state index contributed by atoms with van der Waals surface area (Å²) in [7, 11) is 0. The van der Waals surface area contributed by atoms with Gasteiger partial charge in [-0.2, -0.15) is 5.10 Å². The van der Waals surface area contributed by atoms with Crippen LogP contribution in [-0.4, -0.2) is 21.1 Å². The Morgan fingerprint density at radius 2 is 2.26 bits per heavy atom. The van der Waals surface area contributed by atoms with Crippen LogP contribution in [0.25, 0.3) is 10.9 Å². The third-order valence-corrected chi connectivity index (χ3v) is 3.30. The van der Waals surface area contributed by atoms with Crippen LogP contribution in [0.4, 0.5) is 10.1 Å². The van der Waals surface area contributed by atoms with E-state index in [-0.39, 0.29) is 11.6 Å². The average Bonchev–Trinajstić information content (AvgIpc) is 3.02. The van der Waals surface area contributed by atoms with Crippen molar-refractivity contribution in [2.45, 2.75) is 0 Å². The van der Waals surface area contributed by atoms with Crippen molar-refractivity contribution in [3.8, 4) is 0 Å². The molecular formula is C12H8BrFN4O. The smallest absolute Gasteiger partial charge is 0.272 e. The largest absolute Gasteiger partial charge is 0.348 e. The molecule has 0 aliphatic carbocycles. The second kappa shape index (κ2) is 4.51. The molecule has 0 unspecified atom stereocenters. The quantitative estimate of drug-likeness (QED) is 0.678. The Labute approximate surface area is 115 Å². The molecule has 3 aromatic rings. The molecule has 0 aliphatic rings. The van der Waals surface area contributed by atoms with Crippen molar-refractivity contribution >= 4 is 38.4 Å². The number of nitrogens with zero attached hydrogens (tertiary/aromatic N) is 1. The molecule has 3 N–H and O–H groups in total. The van der Waals surface area contributed by atoms with Crippen molar-refractivity contribution < 1.29 is 9.18 Å². The van der Waals surface area contributed by atoms with Crippen molar-refractivity contribution in [1.82, 2.24) is 15.2 Å². The van der Waals surface area contributed by atoms with Crippen molar-refractivity contribution in [2.75, 3.05) is 5.32 Å². The standard InChI is InChI=1S/C12H8BrFN4O/c13-8-2-1-6-3-9(18-11(6)10(8)14)12(19)17-7-4-15-16-5-7/h1-5,18H,(H,15,16)(H,17,19). The number of amides is 1. The number of carbonyl (C=O) groups is 1. The van der Waals surface area contributed by atoms with Gasteiger partial charge in [-0.25, -0.2) is 4.39 Å². The van der Waals surface area contributed by atoms with Crippen molar-refractivity contribution in [3.63, 3.8) is 0 Å². The molecule has 0 atom stereocenters. The summed E-state index contributed by atoms with van der Waals surface area (Å²) in [6.07, 6.45) is 3.04. The number of hydrogen-bond donors (Lipinski definition) is 3. The predicted molar refractivity (Wildman–Crippen MR) is 72.5 cm³/mol. The maximum atomic E-state index is 13.8. The summed E-state index contributed by atoms with van der Waals surface area (Å²) in [4.78, 5) is 14.7. The van der Waals surface area contributed by atoms with E-state index in [9.17, 15) is 9.18 Å². The van der Waals surface area contributed by atoms with Crippen LogP contribution in [0.5, 0.6) is 0 Å². The van der Waals surface area contributed by atoms with E-state index in [0.29, 0.717) is 21.1 Å². The molecular weight excluding hydrogens is 315 g/mol. The van der Waals surface area contributed by atoms with E-state index in [4.69, 9.17) is 0 Å². The van der Waals surface area contributed by atoms with Crippen molar-refractivity contribution in [1.29, 1.82) is 0 Å². The van der Waals surface area contributed by atoms with E-state index in [0.717, 1.165) is 0 Å². The first-order chi connectivity index (χ1) is 9.15. The van der Waals surface area contributed by atoms with Gasteiger partial charge in [0.05, 0.1) is 21.9 Å². The Balaban J connectivity index is 1.97. The molecule has 5 nitrogen and oxygen atoms in total. The van der Waals surface area contributed by atoms with E-state index in [1.807, 2.05) is 0 Å². The lowest BCUT2D eigenvalue weighted by molar-refractivity contribution is 0.102. The maximum Gasteiger partial charge on any atom is 0.272 e. The number of nitrogens with one attached hydrogen (secondary N) is 3.